The standard InChI is InChI=1S/C17H34N4O2Si/c1-17(2,3)24(4,5)23-15-11-7-6-10-14(15)20-16(22)12-8-9-13-19-21-18/h14-15H,6-13H2,1-5H3,(H,20,22)/t14-,15+/m1/s1. The second-order valence-corrected chi connectivity index (χ2v) is 13.0. The molecule has 0 aromatic carbocycles. The van der Waals surface area contributed by atoms with E-state index in [1.165, 1.54) is 6.42 Å². The van der Waals surface area contributed by atoms with E-state index < -0.39 is 8.32 Å². The number of unbranched alkanes of at least 4 members (excludes halogenated alkanes) is 1. The molecule has 6 nitrogen and oxygen atoms in total. The van der Waals surface area contributed by atoms with Crippen LogP contribution in [0.25, 0.3) is 10.4 Å². The lowest BCUT2D eigenvalue weighted by atomic mass is 9.92. The fourth-order valence-electron chi connectivity index (χ4n) is 2.75. The maximum atomic E-state index is 12.2. The average Bonchev–Trinajstić information content (AvgIpc) is 2.47. The summed E-state index contributed by atoms with van der Waals surface area (Å²) in [6.07, 6.45) is 6.52. The highest BCUT2D eigenvalue weighted by Crippen LogP contribution is 2.39. The molecule has 0 spiro atoms. The molecule has 1 aliphatic rings. The summed E-state index contributed by atoms with van der Waals surface area (Å²) in [6, 6.07) is 0.137. The van der Waals surface area contributed by atoms with Gasteiger partial charge in [-0.05, 0) is 49.3 Å². The lowest BCUT2D eigenvalue weighted by Gasteiger charge is -2.43. The number of hydrogen-bond acceptors (Lipinski definition) is 3. The third kappa shape index (κ3) is 6.83. The van der Waals surface area contributed by atoms with Gasteiger partial charge in [0.2, 0.25) is 5.91 Å². The molecule has 1 fully saturated rings. The molecule has 0 bridgehead atoms. The van der Waals surface area contributed by atoms with Crippen molar-refractivity contribution in [1.82, 2.24) is 5.32 Å². The van der Waals surface area contributed by atoms with Gasteiger partial charge in [-0.25, -0.2) is 0 Å². The van der Waals surface area contributed by atoms with E-state index in [0.717, 1.165) is 32.1 Å². The van der Waals surface area contributed by atoms with E-state index in [9.17, 15) is 4.79 Å². The minimum atomic E-state index is -1.82. The first-order chi connectivity index (χ1) is 11.2. The zero-order chi connectivity index (χ0) is 18.2. The lowest BCUT2D eigenvalue weighted by molar-refractivity contribution is -0.123. The van der Waals surface area contributed by atoms with Gasteiger partial charge in [0, 0.05) is 17.9 Å². The van der Waals surface area contributed by atoms with Crippen LogP contribution in [-0.2, 0) is 9.22 Å². The molecule has 0 radical (unpaired) electrons. The van der Waals surface area contributed by atoms with Crippen LogP contribution in [0.4, 0.5) is 0 Å². The first-order valence-corrected chi connectivity index (χ1v) is 12.1. The molecule has 0 aliphatic heterocycles. The molecule has 7 heteroatoms. The van der Waals surface area contributed by atoms with Crippen molar-refractivity contribution < 1.29 is 9.22 Å². The van der Waals surface area contributed by atoms with Crippen LogP contribution in [-0.4, -0.2) is 32.9 Å². The Hall–Kier alpha value is -1.04. The lowest BCUT2D eigenvalue weighted by Crippen LogP contribution is -2.52. The summed E-state index contributed by atoms with van der Waals surface area (Å²) < 4.78 is 6.58. The smallest absolute Gasteiger partial charge is 0.220 e. The third-order valence-electron chi connectivity index (χ3n) is 5.28. The zero-order valence-corrected chi connectivity index (χ0v) is 17.0. The van der Waals surface area contributed by atoms with Crippen molar-refractivity contribution in [3.8, 4) is 0 Å². The largest absolute Gasteiger partial charge is 0.412 e. The number of nitrogens with zero attached hydrogens (tertiary/aromatic N) is 3. The molecule has 0 unspecified atom stereocenters. The summed E-state index contributed by atoms with van der Waals surface area (Å²) in [4.78, 5) is 14.9. The fourth-order valence-corrected chi connectivity index (χ4v) is 4.14. The first-order valence-electron chi connectivity index (χ1n) is 9.15. The van der Waals surface area contributed by atoms with Crippen molar-refractivity contribution in [2.24, 2.45) is 5.11 Å². The summed E-state index contributed by atoms with van der Waals surface area (Å²) in [7, 11) is -1.82. The van der Waals surface area contributed by atoms with E-state index >= 15 is 0 Å². The first kappa shape index (κ1) is 21.0. The van der Waals surface area contributed by atoms with Crippen molar-refractivity contribution in [3.05, 3.63) is 10.4 Å². The average molecular weight is 355 g/mol. The van der Waals surface area contributed by atoms with E-state index in [1.807, 2.05) is 0 Å². The van der Waals surface area contributed by atoms with Crippen LogP contribution >= 0.6 is 0 Å². The highest BCUT2D eigenvalue weighted by Gasteiger charge is 2.41. The second-order valence-electron chi connectivity index (χ2n) is 8.29. The number of rotatable bonds is 8. The molecule has 0 heterocycles. The fraction of sp³-hybridized carbons (Fsp3) is 0.941. The molecule has 0 aromatic rings. The molecule has 2 atom stereocenters. The minimum Gasteiger partial charge on any atom is -0.412 e. The summed E-state index contributed by atoms with van der Waals surface area (Å²) >= 11 is 0. The van der Waals surface area contributed by atoms with Gasteiger partial charge >= 0.3 is 0 Å². The van der Waals surface area contributed by atoms with Crippen molar-refractivity contribution in [1.29, 1.82) is 0 Å². The van der Waals surface area contributed by atoms with Gasteiger partial charge in [-0.3, -0.25) is 4.79 Å². The molecule has 1 N–H and O–H groups in total. The number of amides is 1. The van der Waals surface area contributed by atoms with Gasteiger partial charge < -0.3 is 9.74 Å². The molecule has 1 saturated carbocycles. The molecular formula is C17H34N4O2Si. The Kier molecular flexibility index (Phi) is 8.26. The monoisotopic (exact) mass is 354 g/mol. The summed E-state index contributed by atoms with van der Waals surface area (Å²) in [6.45, 7) is 11.8. The van der Waals surface area contributed by atoms with Gasteiger partial charge in [0.15, 0.2) is 8.32 Å². The van der Waals surface area contributed by atoms with Gasteiger partial charge in [0.1, 0.15) is 0 Å². The van der Waals surface area contributed by atoms with Gasteiger partial charge in [0.05, 0.1) is 12.1 Å². The highest BCUT2D eigenvalue weighted by atomic mass is 28.4. The molecule has 24 heavy (non-hydrogen) atoms. The third-order valence-corrected chi connectivity index (χ3v) is 9.78. The zero-order valence-electron chi connectivity index (χ0n) is 16.0. The van der Waals surface area contributed by atoms with Crippen molar-refractivity contribution in [3.63, 3.8) is 0 Å². The number of hydrogen-bond donors (Lipinski definition) is 1. The molecule has 1 aliphatic carbocycles. The van der Waals surface area contributed by atoms with Gasteiger partial charge in [-0.15, -0.1) is 0 Å². The Labute approximate surface area is 147 Å². The number of azide groups is 1. The summed E-state index contributed by atoms with van der Waals surface area (Å²) in [5.74, 6) is 0.0895. The van der Waals surface area contributed by atoms with Crippen LogP contribution in [0.15, 0.2) is 5.11 Å². The maximum absolute atomic E-state index is 12.2. The van der Waals surface area contributed by atoms with Gasteiger partial charge in [0.25, 0.3) is 0 Å². The summed E-state index contributed by atoms with van der Waals surface area (Å²) in [5.41, 5.74) is 8.24. The van der Waals surface area contributed by atoms with Crippen LogP contribution in [0.2, 0.25) is 18.1 Å². The SMILES string of the molecule is CC(C)(C)[Si](C)(C)O[C@H]1CCCC[C@H]1NC(=O)CCCCN=[N+]=[N-]. The van der Waals surface area contributed by atoms with Crippen molar-refractivity contribution in [2.75, 3.05) is 6.54 Å². The minimum absolute atomic E-state index is 0.0895. The Morgan fingerprint density at radius 1 is 1.29 bits per heavy atom. The van der Waals surface area contributed by atoms with Crippen molar-refractivity contribution in [2.45, 2.75) is 96.0 Å². The molecule has 0 aromatic heterocycles. The quantitative estimate of drug-likeness (QED) is 0.220. The highest BCUT2D eigenvalue weighted by molar-refractivity contribution is 6.74. The number of carbonyl (C=O) groups excluding carboxylic acids is 1. The molecule has 0 saturated heterocycles. The van der Waals surface area contributed by atoms with Crippen LogP contribution in [0, 0.1) is 0 Å². The maximum Gasteiger partial charge on any atom is 0.220 e. The molecule has 1 rings (SSSR count). The van der Waals surface area contributed by atoms with Gasteiger partial charge in [-0.2, -0.15) is 0 Å². The van der Waals surface area contributed by atoms with Gasteiger partial charge in [-0.1, -0.05) is 38.7 Å². The van der Waals surface area contributed by atoms with E-state index in [2.05, 4.69) is 49.2 Å². The van der Waals surface area contributed by atoms with Crippen LogP contribution in [0.5, 0.6) is 0 Å². The Bertz CT molecular complexity index is 456. The number of nitrogens with one attached hydrogen (secondary N) is 1. The predicted molar refractivity (Wildman–Crippen MR) is 100 cm³/mol. The van der Waals surface area contributed by atoms with E-state index in [4.69, 9.17) is 9.96 Å². The van der Waals surface area contributed by atoms with Crippen LogP contribution in [0.3, 0.4) is 0 Å². The van der Waals surface area contributed by atoms with Crippen LogP contribution in [0.1, 0.15) is 65.7 Å². The Morgan fingerprint density at radius 2 is 1.96 bits per heavy atom. The molecule has 138 valence electrons. The molecular weight excluding hydrogens is 320 g/mol. The summed E-state index contributed by atoms with van der Waals surface area (Å²) in [5, 5.41) is 6.86. The van der Waals surface area contributed by atoms with E-state index in [1.54, 1.807) is 0 Å². The number of carbonyl (C=O) groups is 1. The van der Waals surface area contributed by atoms with E-state index in [-0.39, 0.29) is 23.1 Å². The van der Waals surface area contributed by atoms with E-state index in [0.29, 0.717) is 13.0 Å². The second kappa shape index (κ2) is 9.44. The topological polar surface area (TPSA) is 87.1 Å². The normalized spacial score (nSPS) is 21.9. The van der Waals surface area contributed by atoms with Crippen LogP contribution < -0.4 is 5.32 Å². The molecule has 1 amide bonds. The Balaban J connectivity index is 2.51. The van der Waals surface area contributed by atoms with Crippen molar-refractivity contribution >= 4 is 14.2 Å². The Morgan fingerprint density at radius 3 is 2.58 bits per heavy atom. The predicted octanol–water partition coefficient (Wildman–Crippen LogP) is 4.92.